The lowest BCUT2D eigenvalue weighted by atomic mass is 9.72. The molecule has 0 heterocycles. The molecule has 0 N–H and O–H groups in total. The van der Waals surface area contributed by atoms with Gasteiger partial charge in [0.25, 0.3) is 0 Å². The standard InChI is InChI=1S/C9H19B/c1-4-6-7-9(3,5-2)8-10/h4-8H2,1-3H3. The Kier molecular flexibility index (Phi) is 4.85. The number of hydrogen-bond donors (Lipinski definition) is 0. The predicted molar refractivity (Wildman–Crippen MR) is 48.5 cm³/mol. The van der Waals surface area contributed by atoms with E-state index >= 15 is 0 Å². The molecule has 0 rings (SSSR count). The molecule has 2 radical (unpaired) electrons. The van der Waals surface area contributed by atoms with Gasteiger partial charge in [-0.05, 0) is 11.8 Å². The van der Waals surface area contributed by atoms with Gasteiger partial charge in [-0.3, -0.25) is 0 Å². The van der Waals surface area contributed by atoms with Crippen molar-refractivity contribution in [1.82, 2.24) is 0 Å². The van der Waals surface area contributed by atoms with E-state index in [-0.39, 0.29) is 0 Å². The first-order valence-corrected chi connectivity index (χ1v) is 4.38. The fraction of sp³-hybridized carbons (Fsp3) is 1.00. The SMILES string of the molecule is [B]CC(C)(CC)CCCC. The minimum Gasteiger partial charge on any atom is -0.0834 e. The molecule has 0 aromatic carbocycles. The van der Waals surface area contributed by atoms with E-state index in [1.165, 1.54) is 25.7 Å². The molecule has 1 atom stereocenters. The Bertz CT molecular complexity index is 74.8. The zero-order valence-electron chi connectivity index (χ0n) is 7.61. The summed E-state index contributed by atoms with van der Waals surface area (Å²) < 4.78 is 0. The first kappa shape index (κ1) is 10.1. The second-order valence-corrected chi connectivity index (χ2v) is 3.47. The lowest BCUT2D eigenvalue weighted by molar-refractivity contribution is 0.312. The second-order valence-electron chi connectivity index (χ2n) is 3.47. The van der Waals surface area contributed by atoms with Gasteiger partial charge in [0.15, 0.2) is 0 Å². The molecule has 0 aliphatic heterocycles. The minimum absolute atomic E-state index is 0.413. The van der Waals surface area contributed by atoms with Crippen molar-refractivity contribution in [2.24, 2.45) is 5.41 Å². The van der Waals surface area contributed by atoms with Gasteiger partial charge < -0.3 is 0 Å². The number of hydrogen-bond acceptors (Lipinski definition) is 0. The van der Waals surface area contributed by atoms with Gasteiger partial charge in [-0.1, -0.05) is 46.4 Å². The zero-order valence-corrected chi connectivity index (χ0v) is 7.61. The molecule has 0 saturated heterocycles. The Morgan fingerprint density at radius 2 is 1.90 bits per heavy atom. The van der Waals surface area contributed by atoms with Gasteiger partial charge in [0.05, 0.1) is 7.85 Å². The monoisotopic (exact) mass is 138 g/mol. The Labute approximate surface area is 66.8 Å². The molecular weight excluding hydrogens is 119 g/mol. The molecule has 1 unspecified atom stereocenters. The Morgan fingerprint density at radius 1 is 1.30 bits per heavy atom. The second kappa shape index (κ2) is 4.82. The summed E-state index contributed by atoms with van der Waals surface area (Å²) in [5.74, 6) is 0. The normalized spacial score (nSPS) is 16.7. The maximum Gasteiger partial charge on any atom is 0.0660 e. The highest BCUT2D eigenvalue weighted by Gasteiger charge is 2.17. The fourth-order valence-corrected chi connectivity index (χ4v) is 1.03. The number of unbranched alkanes of at least 4 members (excludes halogenated alkanes) is 1. The van der Waals surface area contributed by atoms with Gasteiger partial charge in [0, 0.05) is 0 Å². The maximum atomic E-state index is 5.66. The first-order valence-electron chi connectivity index (χ1n) is 4.38. The van der Waals surface area contributed by atoms with Crippen molar-refractivity contribution in [3.05, 3.63) is 0 Å². The van der Waals surface area contributed by atoms with Crippen molar-refractivity contribution in [2.75, 3.05) is 0 Å². The van der Waals surface area contributed by atoms with Crippen LogP contribution in [0.25, 0.3) is 0 Å². The van der Waals surface area contributed by atoms with Crippen molar-refractivity contribution >= 4 is 7.85 Å². The summed E-state index contributed by atoms with van der Waals surface area (Å²) in [6, 6.07) is 0. The fourth-order valence-electron chi connectivity index (χ4n) is 1.03. The zero-order chi connectivity index (χ0) is 8.04. The quantitative estimate of drug-likeness (QED) is 0.512. The van der Waals surface area contributed by atoms with E-state index in [1.54, 1.807) is 0 Å². The topological polar surface area (TPSA) is 0 Å². The molecule has 0 spiro atoms. The van der Waals surface area contributed by atoms with Crippen molar-refractivity contribution in [1.29, 1.82) is 0 Å². The minimum atomic E-state index is 0.413. The van der Waals surface area contributed by atoms with Crippen molar-refractivity contribution in [2.45, 2.75) is 52.8 Å². The van der Waals surface area contributed by atoms with E-state index in [4.69, 9.17) is 7.85 Å². The van der Waals surface area contributed by atoms with Gasteiger partial charge in [0.2, 0.25) is 0 Å². The third-order valence-corrected chi connectivity index (χ3v) is 2.48. The maximum absolute atomic E-state index is 5.66. The molecule has 0 bridgehead atoms. The van der Waals surface area contributed by atoms with Gasteiger partial charge in [-0.25, -0.2) is 0 Å². The summed E-state index contributed by atoms with van der Waals surface area (Å²) in [5.41, 5.74) is 0.413. The Balaban J connectivity index is 3.58. The lowest BCUT2D eigenvalue weighted by Gasteiger charge is -2.26. The molecule has 0 aromatic rings. The average molecular weight is 138 g/mol. The molecule has 58 valence electrons. The molecule has 0 aromatic heterocycles. The van der Waals surface area contributed by atoms with E-state index in [9.17, 15) is 0 Å². The van der Waals surface area contributed by atoms with Crippen LogP contribution in [-0.4, -0.2) is 7.85 Å². The summed E-state index contributed by atoms with van der Waals surface area (Å²) >= 11 is 0. The van der Waals surface area contributed by atoms with E-state index in [0.717, 1.165) is 6.32 Å². The predicted octanol–water partition coefficient (Wildman–Crippen LogP) is 3.18. The van der Waals surface area contributed by atoms with Gasteiger partial charge in [0.1, 0.15) is 0 Å². The molecule has 0 aliphatic rings. The highest BCUT2D eigenvalue weighted by Crippen LogP contribution is 2.30. The van der Waals surface area contributed by atoms with Crippen LogP contribution < -0.4 is 0 Å². The van der Waals surface area contributed by atoms with Gasteiger partial charge in [-0.2, -0.15) is 0 Å². The van der Waals surface area contributed by atoms with E-state index < -0.39 is 0 Å². The van der Waals surface area contributed by atoms with E-state index in [1.807, 2.05) is 0 Å². The van der Waals surface area contributed by atoms with Gasteiger partial charge in [-0.15, -0.1) is 0 Å². The highest BCUT2D eigenvalue weighted by molar-refractivity contribution is 6.08. The molecule has 0 amide bonds. The summed E-state index contributed by atoms with van der Waals surface area (Å²) in [7, 11) is 5.66. The third-order valence-electron chi connectivity index (χ3n) is 2.48. The van der Waals surface area contributed by atoms with E-state index in [2.05, 4.69) is 20.8 Å². The van der Waals surface area contributed by atoms with Crippen molar-refractivity contribution in [3.63, 3.8) is 0 Å². The summed E-state index contributed by atoms with van der Waals surface area (Å²) in [4.78, 5) is 0. The first-order chi connectivity index (χ1) is 4.68. The Morgan fingerprint density at radius 3 is 2.20 bits per heavy atom. The van der Waals surface area contributed by atoms with E-state index in [0.29, 0.717) is 5.41 Å². The van der Waals surface area contributed by atoms with Crippen LogP contribution >= 0.6 is 0 Å². The van der Waals surface area contributed by atoms with Crippen LogP contribution in [0.15, 0.2) is 0 Å². The van der Waals surface area contributed by atoms with Crippen LogP contribution in [0.5, 0.6) is 0 Å². The van der Waals surface area contributed by atoms with Crippen molar-refractivity contribution in [3.8, 4) is 0 Å². The molecule has 1 heteroatoms. The number of rotatable bonds is 5. The lowest BCUT2D eigenvalue weighted by Crippen LogP contribution is -2.13. The summed E-state index contributed by atoms with van der Waals surface area (Å²) in [5, 5.41) is 0. The van der Waals surface area contributed by atoms with Crippen LogP contribution in [0.4, 0.5) is 0 Å². The third kappa shape index (κ3) is 3.29. The molecule has 0 nitrogen and oxygen atoms in total. The average Bonchev–Trinajstić information content (AvgIpc) is 2.00. The van der Waals surface area contributed by atoms with Crippen LogP contribution in [0.1, 0.15) is 46.5 Å². The summed E-state index contributed by atoms with van der Waals surface area (Å²) in [6.07, 6.45) is 5.95. The van der Waals surface area contributed by atoms with Crippen LogP contribution in [0, 0.1) is 5.41 Å². The molecule has 0 fully saturated rings. The van der Waals surface area contributed by atoms with Crippen LogP contribution in [0.3, 0.4) is 0 Å². The molecule has 0 saturated carbocycles. The van der Waals surface area contributed by atoms with Crippen LogP contribution in [0.2, 0.25) is 6.32 Å². The molecular formula is C9H19B. The molecule has 10 heavy (non-hydrogen) atoms. The van der Waals surface area contributed by atoms with Crippen LogP contribution in [-0.2, 0) is 0 Å². The Hall–Kier alpha value is 0.0649. The van der Waals surface area contributed by atoms with Gasteiger partial charge >= 0.3 is 0 Å². The van der Waals surface area contributed by atoms with Crippen molar-refractivity contribution < 1.29 is 0 Å². The molecule has 0 aliphatic carbocycles. The summed E-state index contributed by atoms with van der Waals surface area (Å²) in [6.45, 7) is 6.73. The largest absolute Gasteiger partial charge is 0.0834 e. The smallest absolute Gasteiger partial charge is 0.0660 e. The highest BCUT2D eigenvalue weighted by atomic mass is 14.2.